The fourth-order valence-corrected chi connectivity index (χ4v) is 3.76. The van der Waals surface area contributed by atoms with Crippen LogP contribution in [0.2, 0.25) is 0 Å². The van der Waals surface area contributed by atoms with E-state index in [1.807, 2.05) is 0 Å². The molecule has 2 aliphatic rings. The molecule has 0 bridgehead atoms. The zero-order chi connectivity index (χ0) is 16.1. The molecule has 118 valence electrons. The van der Waals surface area contributed by atoms with Crippen LogP contribution < -0.4 is 0 Å². The highest BCUT2D eigenvalue weighted by Gasteiger charge is 2.36. The first-order valence-electron chi connectivity index (χ1n) is 8.09. The van der Waals surface area contributed by atoms with E-state index in [9.17, 15) is 0 Å². The third kappa shape index (κ3) is 3.33. The van der Waals surface area contributed by atoms with Gasteiger partial charge in [0.05, 0.1) is 6.04 Å². The van der Waals surface area contributed by atoms with Crippen molar-refractivity contribution in [3.8, 4) is 0 Å². The molecule has 0 saturated heterocycles. The number of allylic oxidation sites excluding steroid dienone is 8. The van der Waals surface area contributed by atoms with E-state index in [1.54, 1.807) is 0 Å². The van der Waals surface area contributed by atoms with Crippen LogP contribution in [0.15, 0.2) is 70.4 Å². The summed E-state index contributed by atoms with van der Waals surface area (Å²) in [5, 5.41) is 0. The van der Waals surface area contributed by atoms with E-state index in [2.05, 4.69) is 68.8 Å². The standard InChI is InChI=1S/C20H27NS/c1-5-7-8-12-15(3)16(11-6-2)20(22)19-17-13-9-10-14-18(17)21(19)4/h5-7,10-11,14,19,22H,3,8-9,12-13H2,1-2,4H3/b7-5-,11-6-,20-16-. The Hall–Kier alpha value is -1.41. The lowest BCUT2D eigenvalue weighted by Gasteiger charge is -2.46. The van der Waals surface area contributed by atoms with Crippen LogP contribution in [-0.4, -0.2) is 18.0 Å². The van der Waals surface area contributed by atoms with Crippen LogP contribution in [0.5, 0.6) is 0 Å². The lowest BCUT2D eigenvalue weighted by Crippen LogP contribution is -2.44. The molecule has 2 rings (SSSR count). The SMILES string of the molecule is C=C(CC/C=C\C)C(/C=C\C)=C(\S)C1C2=C(C=CCC2)N1C. The Kier molecular flexibility index (Phi) is 5.96. The lowest BCUT2D eigenvalue weighted by molar-refractivity contribution is 0.315. The van der Waals surface area contributed by atoms with E-state index in [-0.39, 0.29) is 0 Å². The quantitative estimate of drug-likeness (QED) is 0.381. The second-order valence-corrected chi connectivity index (χ2v) is 6.36. The fourth-order valence-electron chi connectivity index (χ4n) is 3.20. The second-order valence-electron chi connectivity index (χ2n) is 5.88. The zero-order valence-electron chi connectivity index (χ0n) is 14.0. The Labute approximate surface area is 140 Å². The Morgan fingerprint density at radius 2 is 2.18 bits per heavy atom. The van der Waals surface area contributed by atoms with Crippen molar-refractivity contribution in [2.24, 2.45) is 0 Å². The molecule has 0 amide bonds. The Bertz CT molecular complexity index is 587. The molecule has 0 radical (unpaired) electrons. The summed E-state index contributed by atoms with van der Waals surface area (Å²) in [5.41, 5.74) is 5.28. The van der Waals surface area contributed by atoms with Gasteiger partial charge in [-0.05, 0) is 62.3 Å². The first kappa shape index (κ1) is 17.0. The molecule has 1 atom stereocenters. The number of thiol groups is 1. The van der Waals surface area contributed by atoms with Crippen molar-refractivity contribution in [1.29, 1.82) is 0 Å². The van der Waals surface area contributed by atoms with Crippen molar-refractivity contribution >= 4 is 12.6 Å². The van der Waals surface area contributed by atoms with Gasteiger partial charge in [-0.2, -0.15) is 0 Å². The van der Waals surface area contributed by atoms with Gasteiger partial charge in [-0.3, -0.25) is 0 Å². The number of hydrogen-bond acceptors (Lipinski definition) is 2. The summed E-state index contributed by atoms with van der Waals surface area (Å²) in [6.07, 6.45) is 17.3. The van der Waals surface area contributed by atoms with Crippen molar-refractivity contribution in [2.75, 3.05) is 7.05 Å². The van der Waals surface area contributed by atoms with Crippen LogP contribution in [0.3, 0.4) is 0 Å². The molecule has 22 heavy (non-hydrogen) atoms. The molecule has 0 aromatic rings. The number of hydrogen-bond donors (Lipinski definition) is 1. The van der Waals surface area contributed by atoms with Gasteiger partial charge >= 0.3 is 0 Å². The van der Waals surface area contributed by atoms with Gasteiger partial charge < -0.3 is 4.90 Å². The number of likely N-dealkylation sites (N-methyl/N-ethyl adjacent to an activating group) is 1. The average Bonchev–Trinajstić information content (AvgIpc) is 2.52. The molecule has 1 heterocycles. The Morgan fingerprint density at radius 1 is 1.41 bits per heavy atom. The molecule has 1 nitrogen and oxygen atoms in total. The van der Waals surface area contributed by atoms with Crippen LogP contribution in [0, 0.1) is 0 Å². The molecule has 0 spiro atoms. The van der Waals surface area contributed by atoms with Gasteiger partial charge in [-0.25, -0.2) is 0 Å². The first-order chi connectivity index (χ1) is 10.6. The predicted octanol–water partition coefficient (Wildman–Crippen LogP) is 5.58. The smallest absolute Gasteiger partial charge is 0.0837 e. The van der Waals surface area contributed by atoms with Gasteiger partial charge in [-0.15, -0.1) is 12.6 Å². The Morgan fingerprint density at radius 3 is 2.86 bits per heavy atom. The summed E-state index contributed by atoms with van der Waals surface area (Å²) in [5.74, 6) is 0. The molecule has 1 aliphatic carbocycles. The van der Waals surface area contributed by atoms with Crippen molar-refractivity contribution in [3.63, 3.8) is 0 Å². The van der Waals surface area contributed by atoms with Crippen molar-refractivity contribution in [1.82, 2.24) is 4.90 Å². The largest absolute Gasteiger partial charge is 0.363 e. The van der Waals surface area contributed by atoms with Crippen LogP contribution in [0.1, 0.15) is 39.5 Å². The molecule has 0 fully saturated rings. The molecule has 0 saturated carbocycles. The van der Waals surface area contributed by atoms with E-state index < -0.39 is 0 Å². The van der Waals surface area contributed by atoms with Crippen LogP contribution in [0.25, 0.3) is 0 Å². The second kappa shape index (κ2) is 7.73. The summed E-state index contributed by atoms with van der Waals surface area (Å²) >= 11 is 4.90. The number of nitrogens with zero attached hydrogens (tertiary/aromatic N) is 1. The predicted molar refractivity (Wildman–Crippen MR) is 101 cm³/mol. The fraction of sp³-hybridized carbons (Fsp3) is 0.400. The molecule has 0 aromatic carbocycles. The van der Waals surface area contributed by atoms with Crippen LogP contribution in [-0.2, 0) is 0 Å². The molecule has 1 unspecified atom stereocenters. The van der Waals surface area contributed by atoms with E-state index >= 15 is 0 Å². The summed E-state index contributed by atoms with van der Waals surface area (Å²) in [6.45, 7) is 8.41. The van der Waals surface area contributed by atoms with Crippen LogP contribution >= 0.6 is 12.6 Å². The summed E-state index contributed by atoms with van der Waals surface area (Å²) in [6, 6.07) is 0.327. The Balaban J connectivity index is 2.25. The van der Waals surface area contributed by atoms with E-state index in [1.165, 1.54) is 22.4 Å². The first-order valence-corrected chi connectivity index (χ1v) is 8.54. The van der Waals surface area contributed by atoms with Gasteiger partial charge in [0.15, 0.2) is 0 Å². The van der Waals surface area contributed by atoms with E-state index in [0.29, 0.717) is 6.04 Å². The third-order valence-electron chi connectivity index (χ3n) is 4.38. The van der Waals surface area contributed by atoms with E-state index in [0.717, 1.165) is 30.6 Å². The molecular weight excluding hydrogens is 286 g/mol. The van der Waals surface area contributed by atoms with Gasteiger partial charge in [0.1, 0.15) is 0 Å². The van der Waals surface area contributed by atoms with Gasteiger partial charge in [0.2, 0.25) is 0 Å². The van der Waals surface area contributed by atoms with Crippen molar-refractivity contribution < 1.29 is 0 Å². The minimum absolute atomic E-state index is 0.327. The molecule has 0 N–H and O–H groups in total. The van der Waals surface area contributed by atoms with E-state index in [4.69, 9.17) is 12.6 Å². The summed E-state index contributed by atoms with van der Waals surface area (Å²) in [7, 11) is 2.16. The van der Waals surface area contributed by atoms with Gasteiger partial charge in [0.25, 0.3) is 0 Å². The molecule has 1 aliphatic heterocycles. The third-order valence-corrected chi connectivity index (χ3v) is 4.87. The topological polar surface area (TPSA) is 3.24 Å². The lowest BCUT2D eigenvalue weighted by atomic mass is 9.84. The minimum Gasteiger partial charge on any atom is -0.363 e. The highest BCUT2D eigenvalue weighted by atomic mass is 32.1. The minimum atomic E-state index is 0.327. The van der Waals surface area contributed by atoms with Crippen molar-refractivity contribution in [2.45, 2.75) is 45.6 Å². The van der Waals surface area contributed by atoms with Gasteiger partial charge in [-0.1, -0.05) is 37.0 Å². The summed E-state index contributed by atoms with van der Waals surface area (Å²) in [4.78, 5) is 3.47. The molecule has 2 heteroatoms. The van der Waals surface area contributed by atoms with Gasteiger partial charge in [0, 0.05) is 17.6 Å². The maximum Gasteiger partial charge on any atom is 0.0837 e. The van der Waals surface area contributed by atoms with Crippen molar-refractivity contribution in [3.05, 3.63) is 70.4 Å². The maximum atomic E-state index is 4.90. The highest BCUT2D eigenvalue weighted by molar-refractivity contribution is 7.84. The number of rotatable bonds is 6. The van der Waals surface area contributed by atoms with Crippen LogP contribution in [0.4, 0.5) is 0 Å². The normalized spacial score (nSPS) is 22.2. The highest BCUT2D eigenvalue weighted by Crippen LogP contribution is 2.43. The maximum absolute atomic E-state index is 4.90. The molecular formula is C20H27NS. The average molecular weight is 314 g/mol. The molecule has 0 aromatic heterocycles. The monoisotopic (exact) mass is 313 g/mol. The zero-order valence-corrected chi connectivity index (χ0v) is 14.9. The summed E-state index contributed by atoms with van der Waals surface area (Å²) < 4.78 is 0.